The second-order valence-electron chi connectivity index (χ2n) is 5.31. The maximum Gasteiger partial charge on any atom is 0.120 e. The maximum absolute atomic E-state index is 4.68. The van der Waals surface area contributed by atoms with Crippen molar-refractivity contribution in [2.45, 2.75) is 32.2 Å². The molecule has 1 aliphatic heterocycles. The van der Waals surface area contributed by atoms with E-state index >= 15 is 0 Å². The first-order valence-corrected chi connectivity index (χ1v) is 6.95. The molecule has 0 aromatic carbocycles. The zero-order chi connectivity index (χ0) is 13.1. The number of imidazole rings is 1. The van der Waals surface area contributed by atoms with Crippen LogP contribution in [0.25, 0.3) is 0 Å². The van der Waals surface area contributed by atoms with Crippen molar-refractivity contribution in [3.05, 3.63) is 47.8 Å². The van der Waals surface area contributed by atoms with Gasteiger partial charge in [-0.25, -0.2) is 4.98 Å². The summed E-state index contributed by atoms with van der Waals surface area (Å²) in [7, 11) is 0. The average Bonchev–Trinajstić information content (AvgIpc) is 2.92. The Kier molecular flexibility index (Phi) is 3.60. The predicted octanol–water partition coefficient (Wildman–Crippen LogP) is 2.49. The van der Waals surface area contributed by atoms with Crippen LogP contribution in [-0.2, 0) is 6.54 Å². The van der Waals surface area contributed by atoms with E-state index in [-0.39, 0.29) is 0 Å². The Morgan fingerprint density at radius 3 is 3.16 bits per heavy atom. The second-order valence-corrected chi connectivity index (χ2v) is 5.31. The molecule has 0 unspecified atom stereocenters. The molecule has 1 atom stereocenters. The summed E-state index contributed by atoms with van der Waals surface area (Å²) in [4.78, 5) is 14.6. The van der Waals surface area contributed by atoms with Crippen LogP contribution in [0.1, 0.15) is 36.0 Å². The lowest BCUT2D eigenvalue weighted by atomic mass is 9.94. The normalized spacial score (nSPS) is 20.6. The Balaban J connectivity index is 1.67. The van der Waals surface area contributed by atoms with Gasteiger partial charge in [-0.3, -0.25) is 9.88 Å². The zero-order valence-electron chi connectivity index (χ0n) is 11.3. The van der Waals surface area contributed by atoms with Gasteiger partial charge in [0.05, 0.1) is 6.54 Å². The molecule has 100 valence electrons. The van der Waals surface area contributed by atoms with Gasteiger partial charge < -0.3 is 4.98 Å². The molecule has 4 nitrogen and oxygen atoms in total. The summed E-state index contributed by atoms with van der Waals surface area (Å²) in [5, 5.41) is 0. The number of hydrogen-bond donors (Lipinski definition) is 1. The summed E-state index contributed by atoms with van der Waals surface area (Å²) in [6.45, 7) is 5.21. The van der Waals surface area contributed by atoms with E-state index in [9.17, 15) is 0 Å². The van der Waals surface area contributed by atoms with Crippen molar-refractivity contribution >= 4 is 0 Å². The first-order chi connectivity index (χ1) is 9.31. The van der Waals surface area contributed by atoms with Gasteiger partial charge in [-0.2, -0.15) is 0 Å². The SMILES string of the molecule is Cc1cccc([C@H]2CCCN(Cc3ncc[nH]3)C2)n1. The minimum absolute atomic E-state index is 0.559. The molecular weight excluding hydrogens is 236 g/mol. The molecular formula is C15H20N4. The van der Waals surface area contributed by atoms with Crippen molar-refractivity contribution in [1.29, 1.82) is 0 Å². The molecule has 1 N–H and O–H groups in total. The monoisotopic (exact) mass is 256 g/mol. The minimum atomic E-state index is 0.559. The summed E-state index contributed by atoms with van der Waals surface area (Å²) < 4.78 is 0. The molecule has 19 heavy (non-hydrogen) atoms. The molecule has 4 heteroatoms. The Bertz CT molecular complexity index is 521. The number of hydrogen-bond acceptors (Lipinski definition) is 3. The molecule has 2 aromatic heterocycles. The van der Waals surface area contributed by atoms with Gasteiger partial charge in [0.1, 0.15) is 5.82 Å². The summed E-state index contributed by atoms with van der Waals surface area (Å²) in [5.74, 6) is 1.61. The lowest BCUT2D eigenvalue weighted by Crippen LogP contribution is -2.34. The summed E-state index contributed by atoms with van der Waals surface area (Å²) >= 11 is 0. The Hall–Kier alpha value is -1.68. The molecule has 1 fully saturated rings. The Labute approximate surface area is 113 Å². The van der Waals surface area contributed by atoms with Gasteiger partial charge in [0.15, 0.2) is 0 Å². The van der Waals surface area contributed by atoms with Crippen molar-refractivity contribution in [3.63, 3.8) is 0 Å². The number of pyridine rings is 1. The van der Waals surface area contributed by atoms with Crippen LogP contribution in [0.15, 0.2) is 30.6 Å². The summed E-state index contributed by atoms with van der Waals surface area (Å²) in [6, 6.07) is 6.34. The molecule has 2 aromatic rings. The van der Waals surface area contributed by atoms with Crippen molar-refractivity contribution < 1.29 is 0 Å². The van der Waals surface area contributed by atoms with Crippen LogP contribution in [0, 0.1) is 6.92 Å². The first kappa shape index (κ1) is 12.4. The summed E-state index contributed by atoms with van der Waals surface area (Å²) in [6.07, 6.45) is 6.18. The molecule has 0 saturated carbocycles. The smallest absolute Gasteiger partial charge is 0.120 e. The molecule has 0 bridgehead atoms. The van der Waals surface area contributed by atoms with E-state index in [1.807, 2.05) is 12.4 Å². The lowest BCUT2D eigenvalue weighted by Gasteiger charge is -2.31. The van der Waals surface area contributed by atoms with Crippen LogP contribution < -0.4 is 0 Å². The first-order valence-electron chi connectivity index (χ1n) is 6.95. The topological polar surface area (TPSA) is 44.8 Å². The Morgan fingerprint density at radius 1 is 1.42 bits per heavy atom. The van der Waals surface area contributed by atoms with Gasteiger partial charge in [0, 0.05) is 36.2 Å². The predicted molar refractivity (Wildman–Crippen MR) is 74.8 cm³/mol. The molecule has 3 heterocycles. The molecule has 1 saturated heterocycles. The van der Waals surface area contributed by atoms with Crippen LogP contribution in [0.3, 0.4) is 0 Å². The van der Waals surface area contributed by atoms with Crippen molar-refractivity contribution in [1.82, 2.24) is 19.9 Å². The highest BCUT2D eigenvalue weighted by atomic mass is 15.2. The highest BCUT2D eigenvalue weighted by molar-refractivity contribution is 5.15. The number of aromatic nitrogens is 3. The number of nitrogens with zero attached hydrogens (tertiary/aromatic N) is 3. The highest BCUT2D eigenvalue weighted by Crippen LogP contribution is 2.26. The van der Waals surface area contributed by atoms with E-state index in [1.54, 1.807) is 0 Å². The lowest BCUT2D eigenvalue weighted by molar-refractivity contribution is 0.194. The van der Waals surface area contributed by atoms with Crippen molar-refractivity contribution in [2.75, 3.05) is 13.1 Å². The van der Waals surface area contributed by atoms with E-state index in [0.29, 0.717) is 5.92 Å². The van der Waals surface area contributed by atoms with Gasteiger partial charge in [-0.15, -0.1) is 0 Å². The van der Waals surface area contributed by atoms with Crippen LogP contribution in [0.4, 0.5) is 0 Å². The van der Waals surface area contributed by atoms with E-state index in [0.717, 1.165) is 31.2 Å². The van der Waals surface area contributed by atoms with Crippen LogP contribution in [0.2, 0.25) is 0 Å². The molecule has 3 rings (SSSR count). The third-order valence-corrected chi connectivity index (χ3v) is 3.76. The molecule has 1 aliphatic rings. The molecule has 0 aliphatic carbocycles. The van der Waals surface area contributed by atoms with Gasteiger partial charge in [-0.1, -0.05) is 6.07 Å². The fraction of sp³-hybridized carbons (Fsp3) is 0.467. The van der Waals surface area contributed by atoms with Gasteiger partial charge in [-0.05, 0) is 38.4 Å². The molecule has 0 radical (unpaired) electrons. The van der Waals surface area contributed by atoms with Gasteiger partial charge >= 0.3 is 0 Å². The second kappa shape index (κ2) is 5.53. The number of nitrogens with one attached hydrogen (secondary N) is 1. The van der Waals surface area contributed by atoms with E-state index < -0.39 is 0 Å². The standard InChI is InChI=1S/C15H20N4/c1-12-4-2-6-14(18-12)13-5-3-9-19(10-13)11-15-16-7-8-17-15/h2,4,6-8,13H,3,5,9-11H2,1H3,(H,16,17)/t13-/m0/s1. The summed E-state index contributed by atoms with van der Waals surface area (Å²) in [5.41, 5.74) is 2.35. The number of aryl methyl sites for hydroxylation is 1. The van der Waals surface area contributed by atoms with Crippen LogP contribution in [-0.4, -0.2) is 32.9 Å². The number of piperidine rings is 1. The van der Waals surface area contributed by atoms with Gasteiger partial charge in [0.2, 0.25) is 0 Å². The number of rotatable bonds is 3. The third-order valence-electron chi connectivity index (χ3n) is 3.76. The fourth-order valence-corrected chi connectivity index (χ4v) is 2.83. The quantitative estimate of drug-likeness (QED) is 0.917. The highest BCUT2D eigenvalue weighted by Gasteiger charge is 2.22. The molecule has 0 amide bonds. The van der Waals surface area contributed by atoms with Crippen molar-refractivity contribution in [2.24, 2.45) is 0 Å². The Morgan fingerprint density at radius 2 is 2.37 bits per heavy atom. The van der Waals surface area contributed by atoms with E-state index in [2.05, 4.69) is 45.0 Å². The largest absolute Gasteiger partial charge is 0.348 e. The fourth-order valence-electron chi connectivity index (χ4n) is 2.83. The zero-order valence-corrected chi connectivity index (χ0v) is 11.3. The third kappa shape index (κ3) is 3.01. The van der Waals surface area contributed by atoms with Gasteiger partial charge in [0.25, 0.3) is 0 Å². The van der Waals surface area contributed by atoms with E-state index in [1.165, 1.54) is 18.5 Å². The van der Waals surface area contributed by atoms with E-state index in [4.69, 9.17) is 0 Å². The number of aromatic amines is 1. The van der Waals surface area contributed by atoms with Crippen LogP contribution in [0.5, 0.6) is 0 Å². The average molecular weight is 256 g/mol. The van der Waals surface area contributed by atoms with Crippen molar-refractivity contribution in [3.8, 4) is 0 Å². The number of likely N-dealkylation sites (tertiary alicyclic amines) is 1. The molecule has 0 spiro atoms. The minimum Gasteiger partial charge on any atom is -0.348 e. The maximum atomic E-state index is 4.68. The number of H-pyrrole nitrogens is 1. The van der Waals surface area contributed by atoms with Crippen LogP contribution >= 0.6 is 0 Å².